The molecule has 3 aromatic rings. The molecule has 0 bridgehead atoms. The van der Waals surface area contributed by atoms with Crippen LogP contribution in [0.2, 0.25) is 0 Å². The third-order valence-corrected chi connectivity index (χ3v) is 5.70. The van der Waals surface area contributed by atoms with Crippen LogP contribution in [0.15, 0.2) is 84.9 Å². The fourth-order valence-corrected chi connectivity index (χ4v) is 4.21. The molecule has 0 aromatic heterocycles. The lowest BCUT2D eigenvalue weighted by molar-refractivity contribution is 0.119. The van der Waals surface area contributed by atoms with E-state index in [1.165, 1.54) is 22.3 Å². The van der Waals surface area contributed by atoms with Gasteiger partial charge in [0, 0.05) is 18.4 Å². The molecular formula is C25H27NO. The van der Waals surface area contributed by atoms with Crippen LogP contribution in [0.5, 0.6) is 0 Å². The summed E-state index contributed by atoms with van der Waals surface area (Å²) in [5.41, 5.74) is 5.34. The molecule has 0 fully saturated rings. The summed E-state index contributed by atoms with van der Waals surface area (Å²) in [5, 5.41) is 14.2. The van der Waals surface area contributed by atoms with Gasteiger partial charge in [-0.05, 0) is 41.6 Å². The van der Waals surface area contributed by atoms with E-state index in [2.05, 4.69) is 90.2 Å². The van der Waals surface area contributed by atoms with E-state index in [4.69, 9.17) is 0 Å². The fraction of sp³-hybridized carbons (Fsp3) is 0.280. The molecule has 0 unspecified atom stereocenters. The monoisotopic (exact) mass is 357 g/mol. The normalized spacial score (nSPS) is 19.0. The Morgan fingerprint density at radius 2 is 1.26 bits per heavy atom. The van der Waals surface area contributed by atoms with Crippen LogP contribution in [-0.4, -0.2) is 23.8 Å². The number of rotatable bonds is 6. The molecule has 1 aliphatic rings. The summed E-state index contributed by atoms with van der Waals surface area (Å²) in [4.78, 5) is 0. The Hall–Kier alpha value is -2.42. The largest absolute Gasteiger partial charge is 0.391 e. The highest BCUT2D eigenvalue weighted by Gasteiger charge is 2.26. The molecule has 2 atom stereocenters. The molecule has 0 saturated carbocycles. The van der Waals surface area contributed by atoms with E-state index < -0.39 is 0 Å². The van der Waals surface area contributed by atoms with Gasteiger partial charge in [0.2, 0.25) is 0 Å². The van der Waals surface area contributed by atoms with Gasteiger partial charge in [-0.2, -0.15) is 0 Å². The minimum Gasteiger partial charge on any atom is -0.391 e. The number of fused-ring (bicyclic) bond motifs is 1. The Kier molecular flexibility index (Phi) is 5.66. The van der Waals surface area contributed by atoms with Crippen molar-refractivity contribution in [3.05, 3.63) is 107 Å². The van der Waals surface area contributed by atoms with Crippen LogP contribution >= 0.6 is 0 Å². The van der Waals surface area contributed by atoms with Crippen LogP contribution in [0.25, 0.3) is 0 Å². The van der Waals surface area contributed by atoms with Gasteiger partial charge in [-0.3, -0.25) is 0 Å². The molecule has 2 N–H and O–H groups in total. The molecule has 4 rings (SSSR count). The van der Waals surface area contributed by atoms with E-state index in [0.717, 1.165) is 25.8 Å². The summed E-state index contributed by atoms with van der Waals surface area (Å²) < 4.78 is 0. The van der Waals surface area contributed by atoms with E-state index >= 15 is 0 Å². The fourth-order valence-electron chi connectivity index (χ4n) is 4.21. The number of nitrogens with one attached hydrogen (secondary N) is 1. The molecule has 0 aliphatic heterocycles. The van der Waals surface area contributed by atoms with Crippen molar-refractivity contribution in [2.45, 2.75) is 37.3 Å². The first kappa shape index (κ1) is 18.0. The molecule has 0 spiro atoms. The smallest absolute Gasteiger partial charge is 0.0736 e. The average Bonchev–Trinajstić information content (AvgIpc) is 2.73. The van der Waals surface area contributed by atoms with Crippen LogP contribution in [0.1, 0.15) is 34.6 Å². The molecule has 27 heavy (non-hydrogen) atoms. The highest BCUT2D eigenvalue weighted by Crippen LogP contribution is 2.28. The van der Waals surface area contributed by atoms with Gasteiger partial charge in [-0.25, -0.2) is 0 Å². The van der Waals surface area contributed by atoms with Crippen molar-refractivity contribution in [2.24, 2.45) is 0 Å². The minimum atomic E-state index is -0.313. The number of aliphatic hydroxyl groups is 1. The second kappa shape index (κ2) is 8.51. The van der Waals surface area contributed by atoms with E-state index in [-0.39, 0.29) is 12.1 Å². The molecule has 3 aromatic carbocycles. The van der Waals surface area contributed by atoms with Gasteiger partial charge in [0.1, 0.15) is 0 Å². The maximum absolute atomic E-state index is 10.6. The highest BCUT2D eigenvalue weighted by molar-refractivity contribution is 5.33. The quantitative estimate of drug-likeness (QED) is 0.688. The van der Waals surface area contributed by atoms with Crippen LogP contribution in [0.4, 0.5) is 0 Å². The van der Waals surface area contributed by atoms with E-state index in [0.29, 0.717) is 5.92 Å². The van der Waals surface area contributed by atoms with Gasteiger partial charge in [0.05, 0.1) is 6.10 Å². The molecular weight excluding hydrogens is 330 g/mol. The zero-order chi connectivity index (χ0) is 18.5. The standard InChI is InChI=1S/C25H27NO/c27-25-18-22-14-8-7-13-21(22)17-24(25)26-16-15-23(19-9-3-1-4-10-19)20-11-5-2-6-12-20/h1-14,23-27H,15-18H2/t24-,25-/m0/s1. The van der Waals surface area contributed by atoms with E-state index in [1.54, 1.807) is 0 Å². The average molecular weight is 357 g/mol. The maximum atomic E-state index is 10.6. The van der Waals surface area contributed by atoms with Crippen molar-refractivity contribution in [3.63, 3.8) is 0 Å². The van der Waals surface area contributed by atoms with Crippen molar-refractivity contribution >= 4 is 0 Å². The van der Waals surface area contributed by atoms with E-state index in [9.17, 15) is 5.11 Å². The summed E-state index contributed by atoms with van der Waals surface area (Å²) in [6.07, 6.45) is 2.35. The van der Waals surface area contributed by atoms with Crippen LogP contribution in [-0.2, 0) is 12.8 Å². The topological polar surface area (TPSA) is 32.3 Å². The van der Waals surface area contributed by atoms with Crippen molar-refractivity contribution in [1.82, 2.24) is 5.32 Å². The number of aliphatic hydroxyl groups excluding tert-OH is 1. The predicted octanol–water partition coefficient (Wildman–Crippen LogP) is 4.33. The van der Waals surface area contributed by atoms with E-state index in [1.807, 2.05) is 0 Å². The van der Waals surface area contributed by atoms with Gasteiger partial charge in [0.15, 0.2) is 0 Å². The first-order valence-corrected chi connectivity index (χ1v) is 9.89. The Morgan fingerprint density at radius 1 is 0.741 bits per heavy atom. The third kappa shape index (κ3) is 4.29. The first-order chi connectivity index (χ1) is 13.3. The van der Waals surface area contributed by atoms with Crippen molar-refractivity contribution in [2.75, 3.05) is 6.54 Å². The minimum absolute atomic E-state index is 0.132. The van der Waals surface area contributed by atoms with Gasteiger partial charge >= 0.3 is 0 Å². The summed E-state index contributed by atoms with van der Waals surface area (Å²) >= 11 is 0. The lowest BCUT2D eigenvalue weighted by Crippen LogP contribution is -2.46. The van der Waals surface area contributed by atoms with Crippen molar-refractivity contribution in [1.29, 1.82) is 0 Å². The third-order valence-electron chi connectivity index (χ3n) is 5.70. The zero-order valence-electron chi connectivity index (χ0n) is 15.6. The molecule has 138 valence electrons. The molecule has 0 amide bonds. The summed E-state index contributed by atoms with van der Waals surface area (Å²) in [7, 11) is 0. The second-order valence-electron chi connectivity index (χ2n) is 7.47. The Balaban J connectivity index is 1.43. The van der Waals surface area contributed by atoms with Gasteiger partial charge < -0.3 is 10.4 Å². The van der Waals surface area contributed by atoms with Gasteiger partial charge in [-0.15, -0.1) is 0 Å². The van der Waals surface area contributed by atoms with Crippen LogP contribution < -0.4 is 5.32 Å². The predicted molar refractivity (Wildman–Crippen MR) is 111 cm³/mol. The lowest BCUT2D eigenvalue weighted by Gasteiger charge is -2.31. The summed E-state index contributed by atoms with van der Waals surface area (Å²) in [6.45, 7) is 0.887. The molecule has 0 heterocycles. The molecule has 1 aliphatic carbocycles. The Bertz CT molecular complexity index is 807. The van der Waals surface area contributed by atoms with Crippen LogP contribution in [0, 0.1) is 0 Å². The second-order valence-corrected chi connectivity index (χ2v) is 7.47. The highest BCUT2D eigenvalue weighted by atomic mass is 16.3. The number of benzene rings is 3. The SMILES string of the molecule is O[C@H]1Cc2ccccc2C[C@@H]1NCCC(c1ccccc1)c1ccccc1. The molecule has 0 saturated heterocycles. The first-order valence-electron chi connectivity index (χ1n) is 9.89. The Labute approximate surface area is 161 Å². The van der Waals surface area contributed by atoms with Gasteiger partial charge in [-0.1, -0.05) is 84.9 Å². The molecule has 2 heteroatoms. The molecule has 2 nitrogen and oxygen atoms in total. The summed E-state index contributed by atoms with van der Waals surface area (Å²) in [5.74, 6) is 0.368. The summed E-state index contributed by atoms with van der Waals surface area (Å²) in [6, 6.07) is 30.0. The zero-order valence-corrected chi connectivity index (χ0v) is 15.6. The maximum Gasteiger partial charge on any atom is 0.0736 e. The number of hydrogen-bond donors (Lipinski definition) is 2. The van der Waals surface area contributed by atoms with Crippen molar-refractivity contribution in [3.8, 4) is 0 Å². The molecule has 0 radical (unpaired) electrons. The van der Waals surface area contributed by atoms with Crippen molar-refractivity contribution < 1.29 is 5.11 Å². The number of hydrogen-bond acceptors (Lipinski definition) is 2. The van der Waals surface area contributed by atoms with Crippen LogP contribution in [0.3, 0.4) is 0 Å². The lowest BCUT2D eigenvalue weighted by atomic mass is 9.85. The van der Waals surface area contributed by atoms with Gasteiger partial charge in [0.25, 0.3) is 0 Å². The Morgan fingerprint density at radius 3 is 1.85 bits per heavy atom.